The summed E-state index contributed by atoms with van der Waals surface area (Å²) in [4.78, 5) is 4.75. The maximum absolute atomic E-state index is 6.04. The van der Waals surface area contributed by atoms with Crippen molar-refractivity contribution in [1.82, 2.24) is 9.55 Å². The average Bonchev–Trinajstić information content (AvgIpc) is 2.94. The molecule has 124 valence electrons. The van der Waals surface area contributed by atoms with Crippen LogP contribution in [0.2, 0.25) is 5.02 Å². The summed E-state index contributed by atoms with van der Waals surface area (Å²) in [6.45, 7) is 2.65. The van der Waals surface area contributed by atoms with Crippen LogP contribution >= 0.6 is 11.6 Å². The van der Waals surface area contributed by atoms with Gasteiger partial charge in [-0.2, -0.15) is 0 Å². The predicted molar refractivity (Wildman–Crippen MR) is 99.5 cm³/mol. The summed E-state index contributed by atoms with van der Waals surface area (Å²) in [6, 6.07) is 18.6. The van der Waals surface area contributed by atoms with E-state index in [-0.39, 0.29) is 6.04 Å². The van der Waals surface area contributed by atoms with Crippen LogP contribution in [0.3, 0.4) is 0 Å². The molecule has 0 saturated carbocycles. The van der Waals surface area contributed by atoms with Crippen molar-refractivity contribution in [3.05, 3.63) is 88.5 Å². The first-order chi connectivity index (χ1) is 11.7. The molecule has 1 aromatic heterocycles. The summed E-state index contributed by atoms with van der Waals surface area (Å²) < 4.78 is 2.26. The highest BCUT2D eigenvalue weighted by Crippen LogP contribution is 2.26. The summed E-state index contributed by atoms with van der Waals surface area (Å²) >= 11 is 6.04. The van der Waals surface area contributed by atoms with Crippen molar-refractivity contribution in [1.29, 1.82) is 0 Å². The highest BCUT2D eigenvalue weighted by atomic mass is 35.5. The van der Waals surface area contributed by atoms with Gasteiger partial charge in [-0.25, -0.2) is 4.98 Å². The van der Waals surface area contributed by atoms with Crippen LogP contribution in [0.1, 0.15) is 35.1 Å². The molecule has 2 N–H and O–H groups in total. The van der Waals surface area contributed by atoms with Crippen LogP contribution in [0.5, 0.6) is 0 Å². The highest BCUT2D eigenvalue weighted by molar-refractivity contribution is 6.30. The van der Waals surface area contributed by atoms with Crippen molar-refractivity contribution in [2.75, 3.05) is 6.54 Å². The SMILES string of the molecule is Cc1cn(C(CCN)c2ccc(Cl)cc2)c(Cc2ccccc2)n1. The highest BCUT2D eigenvalue weighted by Gasteiger charge is 2.17. The number of rotatable bonds is 6. The van der Waals surface area contributed by atoms with E-state index >= 15 is 0 Å². The molecule has 0 radical (unpaired) electrons. The number of hydrogen-bond acceptors (Lipinski definition) is 2. The third-order valence-corrected chi connectivity index (χ3v) is 4.42. The van der Waals surface area contributed by atoms with Gasteiger partial charge in [-0.1, -0.05) is 54.1 Å². The molecule has 0 bridgehead atoms. The van der Waals surface area contributed by atoms with Crippen molar-refractivity contribution in [2.45, 2.75) is 25.8 Å². The topological polar surface area (TPSA) is 43.8 Å². The van der Waals surface area contributed by atoms with Crippen molar-refractivity contribution < 1.29 is 0 Å². The number of nitrogens with two attached hydrogens (primary N) is 1. The fourth-order valence-corrected chi connectivity index (χ4v) is 3.18. The van der Waals surface area contributed by atoms with Gasteiger partial charge in [0.1, 0.15) is 5.82 Å². The molecule has 0 amide bonds. The first-order valence-electron chi connectivity index (χ1n) is 8.21. The molecule has 0 spiro atoms. The largest absolute Gasteiger partial charge is 0.330 e. The minimum Gasteiger partial charge on any atom is -0.330 e. The van der Waals surface area contributed by atoms with Gasteiger partial charge in [0.25, 0.3) is 0 Å². The van der Waals surface area contributed by atoms with Crippen LogP contribution in [0, 0.1) is 6.92 Å². The molecule has 3 nitrogen and oxygen atoms in total. The van der Waals surface area contributed by atoms with Crippen LogP contribution in [0.4, 0.5) is 0 Å². The van der Waals surface area contributed by atoms with Gasteiger partial charge in [-0.3, -0.25) is 0 Å². The van der Waals surface area contributed by atoms with E-state index in [0.717, 1.165) is 29.4 Å². The Kier molecular flexibility index (Phi) is 5.34. The molecule has 0 aliphatic heterocycles. The lowest BCUT2D eigenvalue weighted by molar-refractivity contribution is 0.529. The van der Waals surface area contributed by atoms with E-state index in [9.17, 15) is 0 Å². The second kappa shape index (κ2) is 7.65. The van der Waals surface area contributed by atoms with Gasteiger partial charge in [-0.15, -0.1) is 0 Å². The van der Waals surface area contributed by atoms with Gasteiger partial charge >= 0.3 is 0 Å². The van der Waals surface area contributed by atoms with Crippen LogP contribution in [0.15, 0.2) is 60.8 Å². The summed E-state index contributed by atoms with van der Waals surface area (Å²) in [5.41, 5.74) is 9.37. The predicted octanol–water partition coefficient (Wildman–Crippen LogP) is 4.37. The third kappa shape index (κ3) is 3.86. The molecule has 1 atom stereocenters. The lowest BCUT2D eigenvalue weighted by Gasteiger charge is -2.21. The van der Waals surface area contributed by atoms with Gasteiger partial charge in [0, 0.05) is 17.6 Å². The van der Waals surface area contributed by atoms with E-state index in [1.54, 1.807) is 0 Å². The molecule has 1 heterocycles. The van der Waals surface area contributed by atoms with Gasteiger partial charge < -0.3 is 10.3 Å². The maximum Gasteiger partial charge on any atom is 0.113 e. The lowest BCUT2D eigenvalue weighted by atomic mass is 10.0. The zero-order chi connectivity index (χ0) is 16.9. The van der Waals surface area contributed by atoms with Gasteiger partial charge in [0.05, 0.1) is 11.7 Å². The summed E-state index contributed by atoms with van der Waals surface area (Å²) in [7, 11) is 0. The van der Waals surface area contributed by atoms with E-state index in [2.05, 4.69) is 47.2 Å². The summed E-state index contributed by atoms with van der Waals surface area (Å²) in [5, 5.41) is 0.747. The van der Waals surface area contributed by atoms with Gasteiger partial charge in [0.2, 0.25) is 0 Å². The maximum atomic E-state index is 6.04. The van der Waals surface area contributed by atoms with E-state index < -0.39 is 0 Å². The Morgan fingerprint density at radius 3 is 2.46 bits per heavy atom. The quantitative estimate of drug-likeness (QED) is 0.724. The molecule has 0 aliphatic carbocycles. The van der Waals surface area contributed by atoms with Crippen LogP contribution in [-0.4, -0.2) is 16.1 Å². The smallest absolute Gasteiger partial charge is 0.113 e. The van der Waals surface area contributed by atoms with Gasteiger partial charge in [0.15, 0.2) is 0 Å². The Hall–Kier alpha value is -2.10. The van der Waals surface area contributed by atoms with E-state index in [4.69, 9.17) is 22.3 Å². The number of nitrogens with zero attached hydrogens (tertiary/aromatic N) is 2. The molecule has 0 fully saturated rings. The normalized spacial score (nSPS) is 12.3. The Bertz CT molecular complexity index is 778. The summed E-state index contributed by atoms with van der Waals surface area (Å²) in [5.74, 6) is 1.06. The molecule has 2 aromatic carbocycles. The Morgan fingerprint density at radius 1 is 1.08 bits per heavy atom. The second-order valence-corrected chi connectivity index (χ2v) is 6.45. The van der Waals surface area contributed by atoms with E-state index in [1.807, 2.05) is 25.1 Å². The molecular weight excluding hydrogens is 318 g/mol. The minimum atomic E-state index is 0.173. The number of hydrogen-bond donors (Lipinski definition) is 1. The Labute approximate surface area is 148 Å². The standard InChI is InChI=1S/C20H22ClN3/c1-15-14-24(20(23-15)13-16-5-3-2-4-6-16)19(11-12-22)17-7-9-18(21)10-8-17/h2-10,14,19H,11-13,22H2,1H3. The Morgan fingerprint density at radius 2 is 1.79 bits per heavy atom. The minimum absolute atomic E-state index is 0.173. The third-order valence-electron chi connectivity index (χ3n) is 4.17. The molecule has 3 rings (SSSR count). The molecule has 0 saturated heterocycles. The first-order valence-corrected chi connectivity index (χ1v) is 8.59. The molecule has 4 heteroatoms. The van der Waals surface area contributed by atoms with Crippen LogP contribution in [-0.2, 0) is 6.42 Å². The fraction of sp³-hybridized carbons (Fsp3) is 0.250. The van der Waals surface area contributed by atoms with Gasteiger partial charge in [-0.05, 0) is 43.1 Å². The average molecular weight is 340 g/mol. The molecule has 1 unspecified atom stereocenters. The number of aromatic nitrogens is 2. The Balaban J connectivity index is 1.97. The summed E-state index contributed by atoms with van der Waals surface area (Å²) in [6.07, 6.45) is 3.79. The van der Waals surface area contributed by atoms with Crippen molar-refractivity contribution in [3.8, 4) is 0 Å². The van der Waals surface area contributed by atoms with Crippen LogP contribution < -0.4 is 5.73 Å². The second-order valence-electron chi connectivity index (χ2n) is 6.01. The molecule has 0 aliphatic rings. The number of halogens is 1. The number of aryl methyl sites for hydroxylation is 1. The van der Waals surface area contributed by atoms with Crippen molar-refractivity contribution in [3.63, 3.8) is 0 Å². The van der Waals surface area contributed by atoms with E-state index in [1.165, 1.54) is 11.1 Å². The van der Waals surface area contributed by atoms with E-state index in [0.29, 0.717) is 6.54 Å². The molecular formula is C20H22ClN3. The molecule has 24 heavy (non-hydrogen) atoms. The lowest BCUT2D eigenvalue weighted by Crippen LogP contribution is -2.17. The fourth-order valence-electron chi connectivity index (χ4n) is 3.05. The zero-order valence-corrected chi connectivity index (χ0v) is 14.6. The number of benzene rings is 2. The van der Waals surface area contributed by atoms with Crippen LogP contribution in [0.25, 0.3) is 0 Å². The number of imidazole rings is 1. The zero-order valence-electron chi connectivity index (χ0n) is 13.8. The van der Waals surface area contributed by atoms with Crippen molar-refractivity contribution in [2.24, 2.45) is 5.73 Å². The van der Waals surface area contributed by atoms with Crippen molar-refractivity contribution >= 4 is 11.6 Å². The monoisotopic (exact) mass is 339 g/mol. The first kappa shape index (κ1) is 16.7. The molecule has 3 aromatic rings.